The van der Waals surface area contributed by atoms with Crippen molar-refractivity contribution in [3.8, 4) is 6.07 Å². The summed E-state index contributed by atoms with van der Waals surface area (Å²) in [6.07, 6.45) is 0.657. The van der Waals surface area contributed by atoms with Crippen LogP contribution in [0.3, 0.4) is 0 Å². The van der Waals surface area contributed by atoms with E-state index in [9.17, 15) is 0 Å². The molecule has 0 amide bonds. The van der Waals surface area contributed by atoms with Crippen molar-refractivity contribution in [1.29, 1.82) is 5.26 Å². The van der Waals surface area contributed by atoms with E-state index in [1.165, 1.54) is 6.54 Å². The second kappa shape index (κ2) is 6.09. The van der Waals surface area contributed by atoms with Crippen molar-refractivity contribution in [1.82, 2.24) is 9.80 Å². The molecule has 1 saturated heterocycles. The third-order valence-corrected chi connectivity index (χ3v) is 3.04. The molecule has 1 unspecified atom stereocenters. The first-order valence-corrected chi connectivity index (χ1v) is 5.97. The first kappa shape index (κ1) is 12.5. The summed E-state index contributed by atoms with van der Waals surface area (Å²) in [6, 6.07) is 2.68. The third-order valence-electron chi connectivity index (χ3n) is 3.04. The number of hydrogen-bond acceptors (Lipinski definition) is 3. The molecule has 0 bridgehead atoms. The monoisotopic (exact) mass is 209 g/mol. The van der Waals surface area contributed by atoms with E-state index in [2.05, 4.69) is 36.6 Å². The molecule has 0 spiro atoms. The summed E-state index contributed by atoms with van der Waals surface area (Å²) in [5.41, 5.74) is 0. The van der Waals surface area contributed by atoms with Gasteiger partial charge in [0.15, 0.2) is 0 Å². The average Bonchev–Trinajstić information content (AvgIpc) is 2.18. The fourth-order valence-corrected chi connectivity index (χ4v) is 2.16. The Morgan fingerprint density at radius 3 is 2.20 bits per heavy atom. The van der Waals surface area contributed by atoms with Gasteiger partial charge in [0.05, 0.1) is 12.5 Å². The second-order valence-electron chi connectivity index (χ2n) is 4.94. The van der Waals surface area contributed by atoms with Crippen molar-refractivity contribution in [2.75, 3.05) is 32.7 Å². The Kier molecular flexibility index (Phi) is 5.07. The summed E-state index contributed by atoms with van der Waals surface area (Å²) in [5, 5.41) is 8.65. The van der Waals surface area contributed by atoms with Crippen LogP contribution >= 0.6 is 0 Å². The predicted molar refractivity (Wildman–Crippen MR) is 62.5 cm³/mol. The smallest absolute Gasteiger partial charge is 0.0638 e. The molecule has 1 fully saturated rings. The maximum atomic E-state index is 8.65. The molecule has 0 aliphatic carbocycles. The van der Waals surface area contributed by atoms with Crippen molar-refractivity contribution in [2.45, 2.75) is 33.2 Å². The fourth-order valence-electron chi connectivity index (χ4n) is 2.16. The van der Waals surface area contributed by atoms with Gasteiger partial charge in [0.1, 0.15) is 0 Å². The molecule has 0 saturated carbocycles. The Morgan fingerprint density at radius 2 is 1.73 bits per heavy atom. The van der Waals surface area contributed by atoms with E-state index in [0.29, 0.717) is 12.5 Å². The van der Waals surface area contributed by atoms with Gasteiger partial charge in [0.25, 0.3) is 0 Å². The molecule has 1 rings (SSSR count). The van der Waals surface area contributed by atoms with E-state index in [0.717, 1.165) is 32.1 Å². The minimum atomic E-state index is 0.427. The standard InChI is InChI=1S/C12H23N3/c1-11(2)10-14-6-8-15(9-7-14)12(3)4-5-13/h11-12H,4,6-10H2,1-3H3. The number of piperazine rings is 1. The Morgan fingerprint density at radius 1 is 1.13 bits per heavy atom. The van der Waals surface area contributed by atoms with Gasteiger partial charge in [0.2, 0.25) is 0 Å². The molecule has 1 aliphatic rings. The molecule has 1 atom stereocenters. The minimum absolute atomic E-state index is 0.427. The molecule has 0 aromatic carbocycles. The van der Waals surface area contributed by atoms with Crippen LogP contribution in [0.2, 0.25) is 0 Å². The van der Waals surface area contributed by atoms with Crippen LogP contribution in [0.1, 0.15) is 27.2 Å². The van der Waals surface area contributed by atoms with Crippen LogP contribution < -0.4 is 0 Å². The Balaban J connectivity index is 2.26. The highest BCUT2D eigenvalue weighted by Gasteiger charge is 2.20. The van der Waals surface area contributed by atoms with Gasteiger partial charge in [-0.05, 0) is 12.8 Å². The molecular weight excluding hydrogens is 186 g/mol. The van der Waals surface area contributed by atoms with E-state index >= 15 is 0 Å². The first-order valence-electron chi connectivity index (χ1n) is 5.97. The van der Waals surface area contributed by atoms with E-state index in [-0.39, 0.29) is 0 Å². The molecule has 0 N–H and O–H groups in total. The van der Waals surface area contributed by atoms with Crippen LogP contribution in [-0.2, 0) is 0 Å². The number of hydrogen-bond donors (Lipinski definition) is 0. The van der Waals surface area contributed by atoms with Crippen molar-refractivity contribution in [2.24, 2.45) is 5.92 Å². The summed E-state index contributed by atoms with van der Waals surface area (Å²) in [6.45, 7) is 12.5. The maximum absolute atomic E-state index is 8.65. The molecule has 0 aromatic rings. The van der Waals surface area contributed by atoms with Gasteiger partial charge in [-0.3, -0.25) is 4.90 Å². The van der Waals surface area contributed by atoms with Crippen LogP contribution in [0.5, 0.6) is 0 Å². The molecule has 3 heteroatoms. The number of rotatable bonds is 4. The van der Waals surface area contributed by atoms with Crippen molar-refractivity contribution < 1.29 is 0 Å². The first-order chi connectivity index (χ1) is 7.13. The molecular formula is C12H23N3. The van der Waals surface area contributed by atoms with Crippen molar-refractivity contribution in [3.05, 3.63) is 0 Å². The molecule has 0 aromatic heterocycles. The SMILES string of the molecule is CC(C)CN1CCN(C(C)CC#N)CC1. The Hall–Kier alpha value is -0.590. The van der Waals surface area contributed by atoms with E-state index in [1.807, 2.05) is 0 Å². The lowest BCUT2D eigenvalue weighted by Crippen LogP contribution is -2.50. The minimum Gasteiger partial charge on any atom is -0.301 e. The van der Waals surface area contributed by atoms with Crippen LogP contribution in [-0.4, -0.2) is 48.6 Å². The van der Waals surface area contributed by atoms with Gasteiger partial charge in [-0.25, -0.2) is 0 Å². The molecule has 3 nitrogen and oxygen atoms in total. The van der Waals surface area contributed by atoms with Gasteiger partial charge in [-0.1, -0.05) is 13.8 Å². The van der Waals surface area contributed by atoms with Crippen LogP contribution in [0.4, 0.5) is 0 Å². The van der Waals surface area contributed by atoms with Crippen LogP contribution in [0.25, 0.3) is 0 Å². The normalized spacial score (nSPS) is 21.5. The largest absolute Gasteiger partial charge is 0.301 e. The van der Waals surface area contributed by atoms with Gasteiger partial charge >= 0.3 is 0 Å². The van der Waals surface area contributed by atoms with Crippen molar-refractivity contribution in [3.63, 3.8) is 0 Å². The number of nitriles is 1. The fraction of sp³-hybridized carbons (Fsp3) is 0.917. The lowest BCUT2D eigenvalue weighted by Gasteiger charge is -2.38. The summed E-state index contributed by atoms with van der Waals surface area (Å²) in [5.74, 6) is 0.757. The lowest BCUT2D eigenvalue weighted by molar-refractivity contribution is 0.0961. The van der Waals surface area contributed by atoms with Crippen LogP contribution in [0.15, 0.2) is 0 Å². The molecule has 0 radical (unpaired) electrons. The molecule has 86 valence electrons. The zero-order valence-electron chi connectivity index (χ0n) is 10.2. The average molecular weight is 209 g/mol. The third kappa shape index (κ3) is 4.19. The highest BCUT2D eigenvalue weighted by atomic mass is 15.3. The molecule has 15 heavy (non-hydrogen) atoms. The highest BCUT2D eigenvalue weighted by molar-refractivity contribution is 4.83. The van der Waals surface area contributed by atoms with Gasteiger partial charge in [0, 0.05) is 38.8 Å². The maximum Gasteiger partial charge on any atom is 0.0638 e. The van der Waals surface area contributed by atoms with Gasteiger partial charge in [-0.2, -0.15) is 5.26 Å². The zero-order valence-corrected chi connectivity index (χ0v) is 10.2. The Bertz CT molecular complexity index is 211. The van der Waals surface area contributed by atoms with Crippen molar-refractivity contribution >= 4 is 0 Å². The summed E-state index contributed by atoms with van der Waals surface area (Å²) in [7, 11) is 0. The van der Waals surface area contributed by atoms with E-state index in [1.54, 1.807) is 0 Å². The van der Waals surface area contributed by atoms with Crippen LogP contribution in [0, 0.1) is 17.2 Å². The lowest BCUT2D eigenvalue weighted by atomic mass is 10.1. The highest BCUT2D eigenvalue weighted by Crippen LogP contribution is 2.09. The topological polar surface area (TPSA) is 30.3 Å². The van der Waals surface area contributed by atoms with Gasteiger partial charge in [-0.15, -0.1) is 0 Å². The van der Waals surface area contributed by atoms with E-state index in [4.69, 9.17) is 5.26 Å². The van der Waals surface area contributed by atoms with Gasteiger partial charge < -0.3 is 4.90 Å². The number of nitrogens with zero attached hydrogens (tertiary/aromatic N) is 3. The predicted octanol–water partition coefficient (Wildman–Crippen LogP) is 1.56. The van der Waals surface area contributed by atoms with E-state index < -0.39 is 0 Å². The zero-order chi connectivity index (χ0) is 11.3. The quantitative estimate of drug-likeness (QED) is 0.704. The molecule has 1 heterocycles. The molecule has 1 aliphatic heterocycles. The second-order valence-corrected chi connectivity index (χ2v) is 4.94. The summed E-state index contributed by atoms with van der Waals surface area (Å²) in [4.78, 5) is 4.96. The summed E-state index contributed by atoms with van der Waals surface area (Å²) >= 11 is 0. The Labute approximate surface area is 93.7 Å². The summed E-state index contributed by atoms with van der Waals surface area (Å²) < 4.78 is 0.